The van der Waals surface area contributed by atoms with Gasteiger partial charge in [-0.3, -0.25) is 0 Å². The summed E-state index contributed by atoms with van der Waals surface area (Å²) in [5, 5.41) is 18.1. The number of aliphatic hydroxyl groups is 2. The lowest BCUT2D eigenvalue weighted by atomic mass is 10.1. The van der Waals surface area contributed by atoms with Crippen LogP contribution in [0.1, 0.15) is 6.42 Å². The number of hydrogen-bond acceptors (Lipinski definition) is 4. The van der Waals surface area contributed by atoms with E-state index >= 15 is 0 Å². The van der Waals surface area contributed by atoms with E-state index in [2.05, 4.69) is 0 Å². The highest BCUT2D eigenvalue weighted by Gasteiger charge is 2.30. The molecule has 0 amide bonds. The van der Waals surface area contributed by atoms with E-state index < -0.39 is 12.4 Å². The lowest BCUT2D eigenvalue weighted by molar-refractivity contribution is -0.224. The van der Waals surface area contributed by atoms with Crippen LogP contribution in [0.4, 0.5) is 0 Å². The molecule has 0 radical (unpaired) electrons. The van der Waals surface area contributed by atoms with Crippen LogP contribution in [0.5, 0.6) is 0 Å². The van der Waals surface area contributed by atoms with Crippen molar-refractivity contribution < 1.29 is 19.7 Å². The van der Waals surface area contributed by atoms with Crippen LogP contribution in [0, 0.1) is 0 Å². The molecular formula is C6H12O4. The molecule has 0 saturated carbocycles. The molecule has 1 saturated heterocycles. The first kappa shape index (κ1) is 7.94. The van der Waals surface area contributed by atoms with Crippen LogP contribution >= 0.6 is 0 Å². The second-order valence-corrected chi connectivity index (χ2v) is 2.31. The molecule has 1 aliphatic heterocycles. The summed E-state index contributed by atoms with van der Waals surface area (Å²) < 4.78 is 9.63. The van der Waals surface area contributed by atoms with Crippen LogP contribution in [0.3, 0.4) is 0 Å². The van der Waals surface area contributed by atoms with Gasteiger partial charge in [-0.05, 0) is 6.42 Å². The van der Waals surface area contributed by atoms with Crippen molar-refractivity contribution in [2.45, 2.75) is 24.9 Å². The maximum atomic E-state index is 9.14. The predicted molar refractivity (Wildman–Crippen MR) is 33.4 cm³/mol. The zero-order chi connectivity index (χ0) is 7.56. The molecule has 0 aliphatic carbocycles. The van der Waals surface area contributed by atoms with Crippen LogP contribution in [-0.4, -0.2) is 42.4 Å². The van der Waals surface area contributed by atoms with Gasteiger partial charge in [0.05, 0.1) is 12.7 Å². The van der Waals surface area contributed by atoms with Gasteiger partial charge in [-0.1, -0.05) is 0 Å². The van der Waals surface area contributed by atoms with E-state index in [0.29, 0.717) is 13.0 Å². The summed E-state index contributed by atoms with van der Waals surface area (Å²) in [6.45, 7) is 0.441. The van der Waals surface area contributed by atoms with Gasteiger partial charge in [0.25, 0.3) is 0 Å². The molecule has 0 aromatic rings. The molecule has 2 N–H and O–H groups in total. The number of aliphatic hydroxyl groups excluding tert-OH is 2. The number of ether oxygens (including phenoxy) is 2. The van der Waals surface area contributed by atoms with Gasteiger partial charge in [-0.2, -0.15) is 0 Å². The molecule has 0 aromatic carbocycles. The summed E-state index contributed by atoms with van der Waals surface area (Å²) in [6.07, 6.45) is -1.64. The molecule has 4 heteroatoms. The summed E-state index contributed by atoms with van der Waals surface area (Å²) in [5.74, 6) is 0. The van der Waals surface area contributed by atoms with Crippen LogP contribution in [0.25, 0.3) is 0 Å². The van der Waals surface area contributed by atoms with E-state index in [9.17, 15) is 0 Å². The molecule has 4 nitrogen and oxygen atoms in total. The van der Waals surface area contributed by atoms with E-state index in [0.717, 1.165) is 0 Å². The van der Waals surface area contributed by atoms with Gasteiger partial charge in [0.1, 0.15) is 6.10 Å². The molecule has 0 aromatic heterocycles. The van der Waals surface area contributed by atoms with Gasteiger partial charge in [0.2, 0.25) is 0 Å². The average Bonchev–Trinajstić information content (AvgIpc) is 1.95. The summed E-state index contributed by atoms with van der Waals surface area (Å²) in [6, 6.07) is 0. The Bertz CT molecular complexity index is 106. The van der Waals surface area contributed by atoms with E-state index in [4.69, 9.17) is 19.7 Å². The van der Waals surface area contributed by atoms with E-state index in [1.165, 1.54) is 7.11 Å². The predicted octanol–water partition coefficient (Wildman–Crippen LogP) is -0.899. The summed E-state index contributed by atoms with van der Waals surface area (Å²) >= 11 is 0. The Morgan fingerprint density at radius 3 is 2.70 bits per heavy atom. The highest BCUT2D eigenvalue weighted by atomic mass is 16.6. The molecule has 0 bridgehead atoms. The van der Waals surface area contributed by atoms with Gasteiger partial charge < -0.3 is 19.7 Å². The van der Waals surface area contributed by atoms with E-state index in [1.54, 1.807) is 0 Å². The molecule has 10 heavy (non-hydrogen) atoms. The van der Waals surface area contributed by atoms with Gasteiger partial charge in [0, 0.05) is 7.11 Å². The fourth-order valence-electron chi connectivity index (χ4n) is 1.02. The summed E-state index contributed by atoms with van der Waals surface area (Å²) in [7, 11) is 1.51. The Kier molecular flexibility index (Phi) is 2.62. The highest BCUT2D eigenvalue weighted by molar-refractivity contribution is 4.75. The third-order valence-electron chi connectivity index (χ3n) is 1.67. The molecule has 1 heterocycles. The minimum Gasteiger partial charge on any atom is -0.385 e. The Labute approximate surface area is 59.4 Å². The summed E-state index contributed by atoms with van der Waals surface area (Å²) in [4.78, 5) is 0. The first-order chi connectivity index (χ1) is 4.75. The van der Waals surface area contributed by atoms with Crippen molar-refractivity contribution in [1.82, 2.24) is 0 Å². The first-order valence-corrected chi connectivity index (χ1v) is 3.26. The number of hydrogen-bond donors (Lipinski definition) is 2. The van der Waals surface area contributed by atoms with Crippen molar-refractivity contribution in [2.75, 3.05) is 13.7 Å². The zero-order valence-electron chi connectivity index (χ0n) is 5.86. The Balaban J connectivity index is 2.42. The largest absolute Gasteiger partial charge is 0.385 e. The zero-order valence-corrected chi connectivity index (χ0v) is 5.86. The lowest BCUT2D eigenvalue weighted by Crippen LogP contribution is -2.45. The monoisotopic (exact) mass is 148 g/mol. The Morgan fingerprint density at radius 1 is 1.50 bits per heavy atom. The summed E-state index contributed by atoms with van der Waals surface area (Å²) in [5.41, 5.74) is 0. The van der Waals surface area contributed by atoms with Crippen LogP contribution in [0.2, 0.25) is 0 Å². The first-order valence-electron chi connectivity index (χ1n) is 3.26. The smallest absolute Gasteiger partial charge is 0.183 e. The van der Waals surface area contributed by atoms with Gasteiger partial charge >= 0.3 is 0 Å². The van der Waals surface area contributed by atoms with Crippen molar-refractivity contribution in [2.24, 2.45) is 0 Å². The molecule has 1 aliphatic rings. The van der Waals surface area contributed by atoms with Crippen molar-refractivity contribution in [3.63, 3.8) is 0 Å². The fraction of sp³-hybridized carbons (Fsp3) is 1.00. The van der Waals surface area contributed by atoms with Gasteiger partial charge in [-0.15, -0.1) is 0 Å². The van der Waals surface area contributed by atoms with Crippen molar-refractivity contribution in [3.05, 3.63) is 0 Å². The standard InChI is InChI=1S/C6H12O4/c1-9-4-2-3-10-6(8)5(4)7/h4-8H,2-3H2,1H3/t4-,5-,6?/m0/s1. The van der Waals surface area contributed by atoms with E-state index in [1.807, 2.05) is 0 Å². The number of methoxy groups -OCH3 is 1. The molecule has 1 fully saturated rings. The second-order valence-electron chi connectivity index (χ2n) is 2.31. The quantitative estimate of drug-likeness (QED) is 0.506. The average molecular weight is 148 g/mol. The minimum atomic E-state index is -1.08. The number of rotatable bonds is 1. The molecule has 3 atom stereocenters. The third-order valence-corrected chi connectivity index (χ3v) is 1.67. The van der Waals surface area contributed by atoms with E-state index in [-0.39, 0.29) is 6.10 Å². The van der Waals surface area contributed by atoms with Crippen molar-refractivity contribution in [3.8, 4) is 0 Å². The van der Waals surface area contributed by atoms with Crippen LogP contribution < -0.4 is 0 Å². The van der Waals surface area contributed by atoms with Gasteiger partial charge in [-0.25, -0.2) is 0 Å². The Hall–Kier alpha value is -0.160. The maximum Gasteiger partial charge on any atom is 0.183 e. The van der Waals surface area contributed by atoms with Crippen LogP contribution in [-0.2, 0) is 9.47 Å². The molecule has 1 rings (SSSR count). The topological polar surface area (TPSA) is 58.9 Å². The SMILES string of the molecule is CO[C@H]1CCOC(O)[C@H]1O. The van der Waals surface area contributed by atoms with Crippen LogP contribution in [0.15, 0.2) is 0 Å². The fourth-order valence-corrected chi connectivity index (χ4v) is 1.02. The molecular weight excluding hydrogens is 136 g/mol. The third kappa shape index (κ3) is 1.46. The van der Waals surface area contributed by atoms with Crippen molar-refractivity contribution >= 4 is 0 Å². The maximum absolute atomic E-state index is 9.14. The molecule has 60 valence electrons. The molecule has 1 unspecified atom stereocenters. The van der Waals surface area contributed by atoms with Gasteiger partial charge in [0.15, 0.2) is 6.29 Å². The molecule has 0 spiro atoms. The van der Waals surface area contributed by atoms with Crippen molar-refractivity contribution in [1.29, 1.82) is 0 Å². The second kappa shape index (κ2) is 3.30. The lowest BCUT2D eigenvalue weighted by Gasteiger charge is -2.30. The normalized spacial score (nSPS) is 41.7. The minimum absolute atomic E-state index is 0.288. The highest BCUT2D eigenvalue weighted by Crippen LogP contribution is 2.14. The Morgan fingerprint density at radius 2 is 2.20 bits per heavy atom.